The maximum absolute atomic E-state index is 12.9. The number of hydrogen-bond donors (Lipinski definition) is 1. The van der Waals surface area contributed by atoms with Crippen molar-refractivity contribution in [2.75, 3.05) is 11.1 Å². The molecule has 0 radical (unpaired) electrons. The molecule has 1 aromatic heterocycles. The predicted molar refractivity (Wildman–Crippen MR) is 126 cm³/mol. The van der Waals surface area contributed by atoms with Crippen molar-refractivity contribution in [1.82, 2.24) is 14.8 Å². The van der Waals surface area contributed by atoms with Crippen LogP contribution in [0.1, 0.15) is 42.5 Å². The summed E-state index contributed by atoms with van der Waals surface area (Å²) in [6.07, 6.45) is -4.93. The minimum atomic E-state index is -4.54. The fraction of sp³-hybridized carbons (Fsp3) is 0.348. The Morgan fingerprint density at radius 2 is 1.91 bits per heavy atom. The Bertz CT molecular complexity index is 1180. The molecule has 1 N–H and O–H groups in total. The number of alkyl halides is 3. The lowest BCUT2D eigenvalue weighted by atomic mass is 10.1. The number of nitrogens with zero attached hydrogens (tertiary/aromatic N) is 3. The highest BCUT2D eigenvalue weighted by molar-refractivity contribution is 7.99. The Labute approximate surface area is 204 Å². The van der Waals surface area contributed by atoms with Crippen molar-refractivity contribution in [2.24, 2.45) is 0 Å². The van der Waals surface area contributed by atoms with Gasteiger partial charge in [-0.15, -0.1) is 10.2 Å². The summed E-state index contributed by atoms with van der Waals surface area (Å²) in [5.41, 5.74) is 1.29. The van der Waals surface area contributed by atoms with Crippen molar-refractivity contribution in [3.8, 4) is 5.75 Å². The number of aromatic nitrogens is 3. The first-order chi connectivity index (χ1) is 16.0. The van der Waals surface area contributed by atoms with Gasteiger partial charge in [0.25, 0.3) is 0 Å². The van der Waals surface area contributed by atoms with E-state index in [-0.39, 0.29) is 22.6 Å². The number of aryl methyl sites for hydroxylation is 2. The molecule has 0 bridgehead atoms. The zero-order valence-corrected chi connectivity index (χ0v) is 20.6. The standard InChI is InChI=1S/C23H24ClF3N4O2S/c1-5-31-21(15(4)33-17-8-6-13(2)14(3)10-17)29-30-22(31)34-12-20(32)28-19-11-16(23(25,26)27)7-9-18(19)24/h6-11,15H,5,12H2,1-4H3,(H,28,32). The number of hydrogen-bond acceptors (Lipinski definition) is 5. The summed E-state index contributed by atoms with van der Waals surface area (Å²) in [6, 6.07) is 8.60. The van der Waals surface area contributed by atoms with Gasteiger partial charge in [0.05, 0.1) is 22.0 Å². The van der Waals surface area contributed by atoms with E-state index in [1.54, 1.807) is 0 Å². The summed E-state index contributed by atoms with van der Waals surface area (Å²) in [4.78, 5) is 12.4. The maximum Gasteiger partial charge on any atom is 0.416 e. The Morgan fingerprint density at radius 1 is 1.18 bits per heavy atom. The summed E-state index contributed by atoms with van der Waals surface area (Å²) in [5, 5.41) is 11.3. The molecule has 0 aliphatic carbocycles. The van der Waals surface area contributed by atoms with Gasteiger partial charge in [0.15, 0.2) is 17.1 Å². The molecule has 3 aromatic rings. The first-order valence-electron chi connectivity index (χ1n) is 10.5. The third-order valence-electron chi connectivity index (χ3n) is 5.12. The van der Waals surface area contributed by atoms with E-state index in [0.29, 0.717) is 23.3 Å². The van der Waals surface area contributed by atoms with Gasteiger partial charge in [-0.25, -0.2) is 0 Å². The van der Waals surface area contributed by atoms with Gasteiger partial charge >= 0.3 is 6.18 Å². The van der Waals surface area contributed by atoms with Gasteiger partial charge in [0.1, 0.15) is 5.75 Å². The van der Waals surface area contributed by atoms with Crippen LogP contribution in [0.5, 0.6) is 5.75 Å². The lowest BCUT2D eigenvalue weighted by Gasteiger charge is -2.16. The average Bonchev–Trinajstić information content (AvgIpc) is 3.18. The Balaban J connectivity index is 1.66. The van der Waals surface area contributed by atoms with E-state index < -0.39 is 17.6 Å². The van der Waals surface area contributed by atoms with Crippen LogP contribution in [0.4, 0.5) is 18.9 Å². The Morgan fingerprint density at radius 3 is 2.56 bits per heavy atom. The molecule has 3 rings (SSSR count). The number of amides is 1. The second-order valence-electron chi connectivity index (χ2n) is 7.62. The molecule has 0 spiro atoms. The minimum absolute atomic E-state index is 0.0164. The SMILES string of the molecule is CCn1c(SCC(=O)Nc2cc(C(F)(F)F)ccc2Cl)nnc1C(C)Oc1ccc(C)c(C)c1. The van der Waals surface area contributed by atoms with Crippen LogP contribution in [0.2, 0.25) is 5.02 Å². The van der Waals surface area contributed by atoms with E-state index in [9.17, 15) is 18.0 Å². The number of thioether (sulfide) groups is 1. The van der Waals surface area contributed by atoms with Gasteiger partial charge in [0.2, 0.25) is 5.91 Å². The molecule has 0 aliphatic rings. The van der Waals surface area contributed by atoms with E-state index in [1.807, 2.05) is 50.5 Å². The smallest absolute Gasteiger partial charge is 0.416 e. The molecule has 1 heterocycles. The number of ether oxygens (including phenoxy) is 1. The molecule has 6 nitrogen and oxygen atoms in total. The van der Waals surface area contributed by atoms with Crippen LogP contribution in [0.3, 0.4) is 0 Å². The number of carbonyl (C=O) groups excluding carboxylic acids is 1. The highest BCUT2D eigenvalue weighted by Crippen LogP contribution is 2.34. The number of anilines is 1. The van der Waals surface area contributed by atoms with Crippen molar-refractivity contribution in [3.63, 3.8) is 0 Å². The second-order valence-corrected chi connectivity index (χ2v) is 8.97. The molecule has 0 fully saturated rings. The number of rotatable bonds is 8. The lowest BCUT2D eigenvalue weighted by Crippen LogP contribution is -2.16. The normalized spacial score (nSPS) is 12.5. The molecule has 2 aromatic carbocycles. The highest BCUT2D eigenvalue weighted by Gasteiger charge is 2.31. The molecule has 34 heavy (non-hydrogen) atoms. The van der Waals surface area contributed by atoms with E-state index in [4.69, 9.17) is 16.3 Å². The lowest BCUT2D eigenvalue weighted by molar-refractivity contribution is -0.137. The minimum Gasteiger partial charge on any atom is -0.483 e. The van der Waals surface area contributed by atoms with E-state index >= 15 is 0 Å². The van der Waals surface area contributed by atoms with Crippen LogP contribution in [0.15, 0.2) is 41.6 Å². The summed E-state index contributed by atoms with van der Waals surface area (Å²) in [5.74, 6) is 0.715. The molecule has 1 amide bonds. The number of nitrogens with one attached hydrogen (secondary N) is 1. The largest absolute Gasteiger partial charge is 0.483 e. The predicted octanol–water partition coefficient (Wildman–Crippen LogP) is 6.46. The van der Waals surface area contributed by atoms with Gasteiger partial charge in [-0.3, -0.25) is 4.79 Å². The Kier molecular flexibility index (Phi) is 8.14. The molecule has 0 aliphatic heterocycles. The van der Waals surface area contributed by atoms with Crippen molar-refractivity contribution in [3.05, 3.63) is 63.9 Å². The van der Waals surface area contributed by atoms with E-state index in [0.717, 1.165) is 35.5 Å². The van der Waals surface area contributed by atoms with Crippen LogP contribution in [-0.2, 0) is 17.5 Å². The first kappa shape index (κ1) is 25.9. The van der Waals surface area contributed by atoms with Gasteiger partial charge < -0.3 is 14.6 Å². The van der Waals surface area contributed by atoms with Gasteiger partial charge in [-0.05, 0) is 69.2 Å². The van der Waals surface area contributed by atoms with Gasteiger partial charge in [-0.1, -0.05) is 29.4 Å². The highest BCUT2D eigenvalue weighted by atomic mass is 35.5. The van der Waals surface area contributed by atoms with Crippen LogP contribution in [0, 0.1) is 13.8 Å². The first-order valence-corrected chi connectivity index (χ1v) is 11.8. The van der Waals surface area contributed by atoms with Crippen molar-refractivity contribution in [2.45, 2.75) is 51.7 Å². The zero-order valence-electron chi connectivity index (χ0n) is 19.0. The van der Waals surface area contributed by atoms with Crippen molar-refractivity contribution >= 4 is 35.0 Å². The van der Waals surface area contributed by atoms with Crippen LogP contribution >= 0.6 is 23.4 Å². The molecular weight excluding hydrogens is 489 g/mol. The third kappa shape index (κ3) is 6.24. The quantitative estimate of drug-likeness (QED) is 0.351. The summed E-state index contributed by atoms with van der Waals surface area (Å²) in [7, 11) is 0. The maximum atomic E-state index is 12.9. The van der Waals surface area contributed by atoms with Crippen molar-refractivity contribution < 1.29 is 22.7 Å². The molecule has 1 atom stereocenters. The van der Waals surface area contributed by atoms with Gasteiger partial charge in [0, 0.05) is 6.54 Å². The molecule has 11 heteroatoms. The monoisotopic (exact) mass is 512 g/mol. The summed E-state index contributed by atoms with van der Waals surface area (Å²) >= 11 is 7.07. The third-order valence-corrected chi connectivity index (χ3v) is 6.41. The fourth-order valence-corrected chi connectivity index (χ4v) is 4.14. The molecule has 0 saturated heterocycles. The van der Waals surface area contributed by atoms with Gasteiger partial charge in [-0.2, -0.15) is 13.2 Å². The molecule has 0 saturated carbocycles. The van der Waals surface area contributed by atoms with Crippen LogP contribution in [0.25, 0.3) is 0 Å². The zero-order chi connectivity index (χ0) is 25.0. The summed E-state index contributed by atoms with van der Waals surface area (Å²) in [6.45, 7) is 8.36. The molecular formula is C23H24ClF3N4O2S. The Hall–Kier alpha value is -2.72. The van der Waals surface area contributed by atoms with Crippen LogP contribution < -0.4 is 10.1 Å². The topological polar surface area (TPSA) is 69.0 Å². The van der Waals surface area contributed by atoms with Crippen LogP contribution in [-0.4, -0.2) is 26.4 Å². The fourth-order valence-electron chi connectivity index (χ4n) is 3.16. The second kappa shape index (κ2) is 10.7. The number of carbonyl (C=O) groups is 1. The molecule has 1 unspecified atom stereocenters. The molecule has 182 valence electrons. The van der Waals surface area contributed by atoms with E-state index in [1.165, 1.54) is 5.56 Å². The number of halogens is 4. The van der Waals surface area contributed by atoms with Crippen molar-refractivity contribution in [1.29, 1.82) is 0 Å². The average molecular weight is 513 g/mol. The van der Waals surface area contributed by atoms with E-state index in [2.05, 4.69) is 15.5 Å². The summed E-state index contributed by atoms with van der Waals surface area (Å²) < 4.78 is 46.7. The number of benzene rings is 2.